The minimum atomic E-state index is -4.49. The molecule has 0 spiro atoms. The quantitative estimate of drug-likeness (QED) is 0.331. The highest BCUT2D eigenvalue weighted by molar-refractivity contribution is 7.11. The first-order valence-electron chi connectivity index (χ1n) is 10.5. The summed E-state index contributed by atoms with van der Waals surface area (Å²) in [6, 6.07) is 1.11. The number of amides is 1. The third kappa shape index (κ3) is 8.15. The number of nitrogens with zero attached hydrogens (tertiary/aromatic N) is 4. The van der Waals surface area contributed by atoms with Crippen molar-refractivity contribution in [2.24, 2.45) is 9.98 Å². The lowest BCUT2D eigenvalue weighted by atomic mass is 10.2. The SMILES string of the molecule is Cc1nsc(NC2=NCC(C(F)(F)F)N=C2)c1C(=O)Nc1ccc(OCCCNCC(F)(F)F)nc1. The van der Waals surface area contributed by atoms with Crippen LogP contribution in [0.15, 0.2) is 28.3 Å². The van der Waals surface area contributed by atoms with Gasteiger partial charge in [-0.05, 0) is 37.5 Å². The van der Waals surface area contributed by atoms with Gasteiger partial charge >= 0.3 is 12.4 Å². The fraction of sp³-hybridized carbons (Fsp3) is 0.450. The van der Waals surface area contributed by atoms with E-state index in [2.05, 4.69) is 35.3 Å². The van der Waals surface area contributed by atoms with Gasteiger partial charge in [-0.1, -0.05) is 0 Å². The molecule has 3 rings (SSSR count). The molecule has 1 aliphatic rings. The van der Waals surface area contributed by atoms with Gasteiger partial charge in [-0.3, -0.25) is 14.8 Å². The zero-order valence-electron chi connectivity index (χ0n) is 18.7. The highest BCUT2D eigenvalue weighted by Gasteiger charge is 2.40. The molecule has 36 heavy (non-hydrogen) atoms. The number of carbonyl (C=O) groups is 1. The van der Waals surface area contributed by atoms with Crippen molar-refractivity contribution in [3.63, 3.8) is 0 Å². The minimum Gasteiger partial charge on any atom is -0.478 e. The Balaban J connectivity index is 1.51. The standard InChI is InChI=1S/C20H21F6N7O2S/c1-11-16(18(36-33-11)32-14-9-28-13(8-29-14)20(24,25)26)17(34)31-12-3-4-15(30-7-12)35-6-2-5-27-10-19(21,22)23/h3-4,7,9,13,27H,2,5-6,8,10H2,1H3,(H,29,32)(H,31,34). The molecular formula is C20H21F6N7O2S. The maximum Gasteiger partial charge on any atom is 0.412 e. The van der Waals surface area contributed by atoms with Crippen LogP contribution < -0.4 is 20.7 Å². The highest BCUT2D eigenvalue weighted by atomic mass is 32.1. The molecule has 1 atom stereocenters. The maximum absolute atomic E-state index is 12.8. The van der Waals surface area contributed by atoms with Crippen LogP contribution in [0.4, 0.5) is 37.0 Å². The average Bonchev–Trinajstić information content (AvgIpc) is 3.16. The molecule has 3 N–H and O–H groups in total. The number of carbonyl (C=O) groups excluding carboxylic acids is 1. The third-order valence-corrected chi connectivity index (χ3v) is 5.44. The summed E-state index contributed by atoms with van der Waals surface area (Å²) in [7, 11) is 0. The normalized spacial score (nSPS) is 16.0. The molecule has 196 valence electrons. The Bertz CT molecular complexity index is 1100. The molecule has 3 heterocycles. The minimum absolute atomic E-state index is 0.0741. The second-order valence-corrected chi connectivity index (χ2v) is 8.27. The number of anilines is 2. The second kappa shape index (κ2) is 11.6. The zero-order chi connectivity index (χ0) is 26.3. The van der Waals surface area contributed by atoms with Gasteiger partial charge in [0.25, 0.3) is 5.91 Å². The topological polar surface area (TPSA) is 113 Å². The van der Waals surface area contributed by atoms with Crippen molar-refractivity contribution in [2.75, 3.05) is 36.9 Å². The van der Waals surface area contributed by atoms with E-state index in [-0.39, 0.29) is 35.4 Å². The van der Waals surface area contributed by atoms with Crippen molar-refractivity contribution in [3.05, 3.63) is 29.6 Å². The Morgan fingerprint density at radius 3 is 2.61 bits per heavy atom. The number of aliphatic imine (C=N–C) groups is 2. The number of rotatable bonds is 9. The van der Waals surface area contributed by atoms with Crippen LogP contribution in [0.5, 0.6) is 5.88 Å². The van der Waals surface area contributed by atoms with Crippen LogP contribution in [0.2, 0.25) is 0 Å². The zero-order valence-corrected chi connectivity index (χ0v) is 19.5. The lowest BCUT2D eigenvalue weighted by molar-refractivity contribution is -0.144. The summed E-state index contributed by atoms with van der Waals surface area (Å²) in [6.45, 7) is 0.238. The second-order valence-electron chi connectivity index (χ2n) is 7.49. The van der Waals surface area contributed by atoms with Gasteiger partial charge in [-0.2, -0.15) is 30.7 Å². The summed E-state index contributed by atoms with van der Waals surface area (Å²) in [4.78, 5) is 24.1. The molecule has 2 aromatic heterocycles. The number of hydrogen-bond acceptors (Lipinski definition) is 9. The molecule has 16 heteroatoms. The molecule has 1 unspecified atom stereocenters. The maximum atomic E-state index is 12.8. The van der Waals surface area contributed by atoms with E-state index in [9.17, 15) is 31.1 Å². The number of aromatic nitrogens is 2. The number of alkyl halides is 6. The molecule has 0 aliphatic carbocycles. The smallest absolute Gasteiger partial charge is 0.412 e. The molecule has 1 aliphatic heterocycles. The number of amidine groups is 1. The van der Waals surface area contributed by atoms with E-state index in [1.165, 1.54) is 18.3 Å². The van der Waals surface area contributed by atoms with Crippen molar-refractivity contribution in [1.82, 2.24) is 14.7 Å². The van der Waals surface area contributed by atoms with Crippen molar-refractivity contribution in [3.8, 4) is 5.88 Å². The van der Waals surface area contributed by atoms with Gasteiger partial charge in [0.15, 0.2) is 6.04 Å². The van der Waals surface area contributed by atoms with Gasteiger partial charge < -0.3 is 20.7 Å². The molecule has 9 nitrogen and oxygen atoms in total. The van der Waals surface area contributed by atoms with Gasteiger partial charge in [-0.25, -0.2) is 4.98 Å². The third-order valence-electron chi connectivity index (χ3n) is 4.59. The number of nitrogens with one attached hydrogen (secondary N) is 3. The van der Waals surface area contributed by atoms with Crippen LogP contribution in [0, 0.1) is 6.92 Å². The summed E-state index contributed by atoms with van der Waals surface area (Å²) < 4.78 is 83.8. The van der Waals surface area contributed by atoms with Gasteiger partial charge in [0.05, 0.1) is 49.1 Å². The molecule has 1 amide bonds. The Morgan fingerprint density at radius 2 is 2.00 bits per heavy atom. The van der Waals surface area contributed by atoms with Gasteiger partial charge in [-0.15, -0.1) is 0 Å². The Labute approximate surface area is 205 Å². The van der Waals surface area contributed by atoms with E-state index in [1.807, 2.05) is 0 Å². The average molecular weight is 537 g/mol. The summed E-state index contributed by atoms with van der Waals surface area (Å²) in [5.74, 6) is -0.229. The fourth-order valence-electron chi connectivity index (χ4n) is 2.87. The lowest BCUT2D eigenvalue weighted by Crippen LogP contribution is -2.34. The van der Waals surface area contributed by atoms with Crippen LogP contribution >= 0.6 is 11.5 Å². The predicted octanol–water partition coefficient (Wildman–Crippen LogP) is 3.85. The van der Waals surface area contributed by atoms with E-state index in [4.69, 9.17) is 4.74 Å². The molecule has 0 fully saturated rings. The van der Waals surface area contributed by atoms with Gasteiger partial charge in [0, 0.05) is 6.07 Å². The van der Waals surface area contributed by atoms with Crippen LogP contribution in [-0.4, -0.2) is 72.0 Å². The Kier molecular flexibility index (Phi) is 8.84. The first-order valence-corrected chi connectivity index (χ1v) is 11.2. The molecule has 0 saturated heterocycles. The van der Waals surface area contributed by atoms with E-state index in [0.717, 1.165) is 17.7 Å². The molecule has 0 radical (unpaired) electrons. The van der Waals surface area contributed by atoms with Crippen LogP contribution in [0.3, 0.4) is 0 Å². The van der Waals surface area contributed by atoms with Gasteiger partial charge in [0.1, 0.15) is 10.8 Å². The first kappa shape index (κ1) is 27.3. The number of ether oxygens (including phenoxy) is 1. The van der Waals surface area contributed by atoms with Crippen LogP contribution in [-0.2, 0) is 0 Å². The predicted molar refractivity (Wildman–Crippen MR) is 122 cm³/mol. The van der Waals surface area contributed by atoms with Crippen molar-refractivity contribution in [2.45, 2.75) is 31.7 Å². The summed E-state index contributed by atoms with van der Waals surface area (Å²) in [6.07, 6.45) is -6.11. The monoisotopic (exact) mass is 537 g/mol. The fourth-order valence-corrected chi connectivity index (χ4v) is 3.67. The number of halogens is 6. The number of aryl methyl sites for hydroxylation is 1. The van der Waals surface area contributed by atoms with Crippen molar-refractivity contribution < 1.29 is 35.9 Å². The first-order chi connectivity index (χ1) is 16.9. The molecular weight excluding hydrogens is 516 g/mol. The number of hydrogen-bond donors (Lipinski definition) is 3. The van der Waals surface area contributed by atoms with E-state index >= 15 is 0 Å². The highest BCUT2D eigenvalue weighted by Crippen LogP contribution is 2.27. The Hall–Kier alpha value is -3.27. The Morgan fingerprint density at radius 1 is 1.22 bits per heavy atom. The largest absolute Gasteiger partial charge is 0.478 e. The number of pyridine rings is 1. The lowest BCUT2D eigenvalue weighted by Gasteiger charge is -2.18. The molecule has 0 saturated carbocycles. The summed E-state index contributed by atoms with van der Waals surface area (Å²) in [5.41, 5.74) is 0.912. The van der Waals surface area contributed by atoms with Crippen LogP contribution in [0.1, 0.15) is 22.5 Å². The molecule has 0 aromatic carbocycles. The van der Waals surface area contributed by atoms with Crippen LogP contribution in [0.25, 0.3) is 0 Å². The molecule has 2 aromatic rings. The van der Waals surface area contributed by atoms with E-state index < -0.39 is 37.4 Å². The van der Waals surface area contributed by atoms with E-state index in [0.29, 0.717) is 17.8 Å². The van der Waals surface area contributed by atoms with Gasteiger partial charge in [0.2, 0.25) is 5.88 Å². The van der Waals surface area contributed by atoms with Crippen molar-refractivity contribution >= 4 is 40.2 Å². The molecule has 0 bridgehead atoms. The van der Waals surface area contributed by atoms with Crippen molar-refractivity contribution in [1.29, 1.82) is 0 Å². The summed E-state index contributed by atoms with van der Waals surface area (Å²) >= 11 is 0.944. The van der Waals surface area contributed by atoms with E-state index in [1.54, 1.807) is 6.92 Å². The summed E-state index contributed by atoms with van der Waals surface area (Å²) in [5, 5.41) is 7.98.